The molecule has 0 aromatic carbocycles. The molecule has 0 aromatic heterocycles. The van der Waals surface area contributed by atoms with Crippen LogP contribution < -0.4 is 0 Å². The van der Waals surface area contributed by atoms with Crippen LogP contribution in [0.25, 0.3) is 0 Å². The SMILES string of the molecule is COC(=O)/C=C/[C@H]1C[C@H]2OC(C)(C)O[C@H]2O1. The van der Waals surface area contributed by atoms with Gasteiger partial charge in [-0.15, -0.1) is 0 Å². The molecule has 0 unspecified atom stereocenters. The zero-order valence-electron chi connectivity index (χ0n) is 9.64. The third-order valence-corrected chi connectivity index (χ3v) is 2.56. The Hall–Kier alpha value is -0.910. The molecule has 16 heavy (non-hydrogen) atoms. The summed E-state index contributed by atoms with van der Waals surface area (Å²) in [5.74, 6) is -0.963. The van der Waals surface area contributed by atoms with Crippen LogP contribution in [0.3, 0.4) is 0 Å². The van der Waals surface area contributed by atoms with Crippen LogP contribution in [0, 0.1) is 0 Å². The lowest BCUT2D eigenvalue weighted by molar-refractivity contribution is -0.200. The Morgan fingerprint density at radius 3 is 2.81 bits per heavy atom. The standard InChI is InChI=1S/C11H16O5/c1-11(2)15-8-6-7(14-10(8)16-11)4-5-9(12)13-3/h4-5,7-8,10H,6H2,1-3H3/b5-4+/t7-,8+,10+/m0/s1. The molecule has 0 aliphatic carbocycles. The van der Waals surface area contributed by atoms with Crippen molar-refractivity contribution in [2.24, 2.45) is 0 Å². The van der Waals surface area contributed by atoms with Gasteiger partial charge in [-0.3, -0.25) is 0 Å². The van der Waals surface area contributed by atoms with Gasteiger partial charge in [0.05, 0.1) is 13.2 Å². The third kappa shape index (κ3) is 2.42. The lowest BCUT2D eigenvalue weighted by Crippen LogP contribution is -2.24. The number of rotatable bonds is 2. The van der Waals surface area contributed by atoms with E-state index < -0.39 is 5.79 Å². The van der Waals surface area contributed by atoms with Crippen LogP contribution in [-0.2, 0) is 23.7 Å². The molecule has 3 atom stereocenters. The van der Waals surface area contributed by atoms with E-state index in [1.54, 1.807) is 6.08 Å². The average molecular weight is 228 g/mol. The number of esters is 1. The summed E-state index contributed by atoms with van der Waals surface area (Å²) in [4.78, 5) is 10.9. The maximum atomic E-state index is 10.9. The second-order valence-electron chi connectivity index (χ2n) is 4.33. The molecular formula is C11H16O5. The molecule has 0 spiro atoms. The van der Waals surface area contributed by atoms with Crippen LogP contribution in [0.5, 0.6) is 0 Å². The van der Waals surface area contributed by atoms with Crippen molar-refractivity contribution >= 4 is 5.97 Å². The highest BCUT2D eigenvalue weighted by atomic mass is 16.8. The predicted octanol–water partition coefficient (Wildman–Crippen LogP) is 0.982. The summed E-state index contributed by atoms with van der Waals surface area (Å²) in [6, 6.07) is 0. The Morgan fingerprint density at radius 2 is 2.19 bits per heavy atom. The van der Waals surface area contributed by atoms with Gasteiger partial charge in [0.2, 0.25) is 0 Å². The highest BCUT2D eigenvalue weighted by Crippen LogP contribution is 2.37. The van der Waals surface area contributed by atoms with E-state index in [2.05, 4.69) is 4.74 Å². The van der Waals surface area contributed by atoms with Crippen molar-refractivity contribution in [3.63, 3.8) is 0 Å². The fourth-order valence-electron chi connectivity index (χ4n) is 1.91. The summed E-state index contributed by atoms with van der Waals surface area (Å²) >= 11 is 0. The topological polar surface area (TPSA) is 54.0 Å². The quantitative estimate of drug-likeness (QED) is 0.521. The van der Waals surface area contributed by atoms with E-state index in [-0.39, 0.29) is 24.5 Å². The number of hydrogen-bond acceptors (Lipinski definition) is 5. The van der Waals surface area contributed by atoms with Gasteiger partial charge < -0.3 is 18.9 Å². The Balaban J connectivity index is 1.87. The highest BCUT2D eigenvalue weighted by Gasteiger charge is 2.47. The van der Waals surface area contributed by atoms with E-state index in [9.17, 15) is 4.79 Å². The smallest absolute Gasteiger partial charge is 0.330 e. The first-order chi connectivity index (χ1) is 7.50. The van der Waals surface area contributed by atoms with Gasteiger partial charge in [-0.1, -0.05) is 0 Å². The molecule has 5 nitrogen and oxygen atoms in total. The largest absolute Gasteiger partial charge is 0.466 e. The lowest BCUT2D eigenvalue weighted by Gasteiger charge is -2.19. The molecule has 2 aliphatic heterocycles. The maximum Gasteiger partial charge on any atom is 0.330 e. The summed E-state index contributed by atoms with van der Waals surface area (Å²) < 4.78 is 21.2. The first-order valence-electron chi connectivity index (χ1n) is 5.27. The van der Waals surface area contributed by atoms with E-state index in [1.165, 1.54) is 13.2 Å². The number of ether oxygens (including phenoxy) is 4. The van der Waals surface area contributed by atoms with E-state index in [4.69, 9.17) is 14.2 Å². The number of carbonyl (C=O) groups is 1. The van der Waals surface area contributed by atoms with Crippen LogP contribution in [-0.4, -0.2) is 37.4 Å². The summed E-state index contributed by atoms with van der Waals surface area (Å²) in [5, 5.41) is 0. The second-order valence-corrected chi connectivity index (χ2v) is 4.33. The Bertz CT molecular complexity index is 293. The third-order valence-electron chi connectivity index (χ3n) is 2.56. The number of methoxy groups -OCH3 is 1. The molecule has 0 aromatic rings. The molecule has 90 valence electrons. The van der Waals surface area contributed by atoms with Crippen molar-refractivity contribution in [3.05, 3.63) is 12.2 Å². The highest BCUT2D eigenvalue weighted by molar-refractivity contribution is 5.81. The molecule has 2 saturated heterocycles. The zero-order chi connectivity index (χ0) is 11.8. The monoisotopic (exact) mass is 228 g/mol. The maximum absolute atomic E-state index is 10.9. The molecule has 0 saturated carbocycles. The molecule has 5 heteroatoms. The van der Waals surface area contributed by atoms with E-state index in [1.807, 2.05) is 13.8 Å². The molecule has 0 amide bonds. The minimum Gasteiger partial charge on any atom is -0.466 e. The van der Waals surface area contributed by atoms with Gasteiger partial charge in [-0.05, 0) is 19.9 Å². The van der Waals surface area contributed by atoms with Crippen LogP contribution in [0.4, 0.5) is 0 Å². The molecule has 2 rings (SSSR count). The minimum absolute atomic E-state index is 0.0534. The minimum atomic E-state index is -0.577. The summed E-state index contributed by atoms with van der Waals surface area (Å²) in [6.45, 7) is 3.71. The molecule has 0 N–H and O–H groups in total. The van der Waals surface area contributed by atoms with Crippen LogP contribution in [0.2, 0.25) is 0 Å². The van der Waals surface area contributed by atoms with Crippen LogP contribution in [0.15, 0.2) is 12.2 Å². The first-order valence-corrected chi connectivity index (χ1v) is 5.27. The van der Waals surface area contributed by atoms with Crippen molar-refractivity contribution in [1.82, 2.24) is 0 Å². The molecular weight excluding hydrogens is 212 g/mol. The van der Waals surface area contributed by atoms with Crippen LogP contribution in [0.1, 0.15) is 20.3 Å². The average Bonchev–Trinajstić information content (AvgIpc) is 2.67. The fourth-order valence-corrected chi connectivity index (χ4v) is 1.91. The van der Waals surface area contributed by atoms with Crippen molar-refractivity contribution in [1.29, 1.82) is 0 Å². The number of hydrogen-bond donors (Lipinski definition) is 0. The van der Waals surface area contributed by atoms with Gasteiger partial charge in [0.1, 0.15) is 6.10 Å². The molecule has 0 radical (unpaired) electrons. The Kier molecular flexibility index (Phi) is 3.01. The Morgan fingerprint density at radius 1 is 1.44 bits per heavy atom. The lowest BCUT2D eigenvalue weighted by atomic mass is 10.2. The van der Waals surface area contributed by atoms with Gasteiger partial charge in [0.25, 0.3) is 0 Å². The van der Waals surface area contributed by atoms with Gasteiger partial charge >= 0.3 is 5.97 Å². The number of fused-ring (bicyclic) bond motifs is 1. The number of carbonyl (C=O) groups excluding carboxylic acids is 1. The van der Waals surface area contributed by atoms with Crippen molar-refractivity contribution in [3.8, 4) is 0 Å². The Labute approximate surface area is 94.3 Å². The molecule has 0 bridgehead atoms. The molecule has 2 fully saturated rings. The van der Waals surface area contributed by atoms with Gasteiger partial charge in [0.15, 0.2) is 12.1 Å². The van der Waals surface area contributed by atoms with Crippen molar-refractivity contribution in [2.45, 2.75) is 44.6 Å². The fraction of sp³-hybridized carbons (Fsp3) is 0.727. The summed E-state index contributed by atoms with van der Waals surface area (Å²) in [7, 11) is 1.34. The van der Waals surface area contributed by atoms with E-state index in [0.29, 0.717) is 6.42 Å². The second kappa shape index (κ2) is 4.16. The van der Waals surface area contributed by atoms with Crippen molar-refractivity contribution < 1.29 is 23.7 Å². The summed E-state index contributed by atoms with van der Waals surface area (Å²) in [5.41, 5.74) is 0. The van der Waals surface area contributed by atoms with E-state index >= 15 is 0 Å². The zero-order valence-corrected chi connectivity index (χ0v) is 9.64. The van der Waals surface area contributed by atoms with Gasteiger partial charge in [0, 0.05) is 12.5 Å². The van der Waals surface area contributed by atoms with E-state index in [0.717, 1.165) is 0 Å². The molecule has 2 heterocycles. The normalized spacial score (nSPS) is 36.6. The predicted molar refractivity (Wildman–Crippen MR) is 54.5 cm³/mol. The van der Waals surface area contributed by atoms with Crippen LogP contribution >= 0.6 is 0 Å². The van der Waals surface area contributed by atoms with Gasteiger partial charge in [-0.2, -0.15) is 0 Å². The first kappa shape index (κ1) is 11.6. The van der Waals surface area contributed by atoms with Gasteiger partial charge in [-0.25, -0.2) is 4.79 Å². The summed E-state index contributed by atoms with van der Waals surface area (Å²) in [6.07, 6.45) is 3.19. The molecule has 2 aliphatic rings. The van der Waals surface area contributed by atoms with Crippen molar-refractivity contribution in [2.75, 3.05) is 7.11 Å².